The van der Waals surface area contributed by atoms with Crippen molar-refractivity contribution in [3.05, 3.63) is 45.3 Å². The van der Waals surface area contributed by atoms with Crippen molar-refractivity contribution in [2.45, 2.75) is 18.4 Å². The van der Waals surface area contributed by atoms with E-state index in [2.05, 4.69) is 15.5 Å². The predicted octanol–water partition coefficient (Wildman–Crippen LogP) is 2.29. The summed E-state index contributed by atoms with van der Waals surface area (Å²) in [6.07, 6.45) is 3.41. The molecule has 8 nitrogen and oxygen atoms in total. The molecule has 9 heteroatoms. The number of H-pyrrole nitrogens is 1. The normalized spacial score (nSPS) is 10.4. The van der Waals surface area contributed by atoms with Crippen LogP contribution in [0.25, 0.3) is 0 Å². The number of ether oxygens (including phenoxy) is 1. The van der Waals surface area contributed by atoms with E-state index < -0.39 is 10.8 Å². The Labute approximate surface area is 136 Å². The molecule has 0 unspecified atom stereocenters. The summed E-state index contributed by atoms with van der Waals surface area (Å²) in [7, 11) is 1.43. The SMILES string of the molecule is COc1cc([N+](=O)[O-])c(C(=O)NCc2cn[nH]c2C)cc1SC. The van der Waals surface area contributed by atoms with Gasteiger partial charge in [-0.3, -0.25) is 20.0 Å². The van der Waals surface area contributed by atoms with E-state index in [1.807, 2.05) is 6.92 Å². The first-order valence-electron chi connectivity index (χ1n) is 6.65. The van der Waals surface area contributed by atoms with E-state index >= 15 is 0 Å². The maximum Gasteiger partial charge on any atom is 0.285 e. The Balaban J connectivity index is 2.30. The van der Waals surface area contributed by atoms with Gasteiger partial charge in [0.15, 0.2) is 0 Å². The Morgan fingerprint density at radius 1 is 1.52 bits per heavy atom. The van der Waals surface area contributed by atoms with Crippen molar-refractivity contribution in [2.24, 2.45) is 0 Å². The maximum absolute atomic E-state index is 12.3. The van der Waals surface area contributed by atoms with Gasteiger partial charge in [0, 0.05) is 17.8 Å². The van der Waals surface area contributed by atoms with E-state index in [1.54, 1.807) is 12.5 Å². The van der Waals surface area contributed by atoms with Crippen LogP contribution >= 0.6 is 11.8 Å². The van der Waals surface area contributed by atoms with E-state index in [0.29, 0.717) is 10.6 Å². The molecular weight excluding hydrogens is 320 g/mol. The number of carbonyl (C=O) groups excluding carboxylic acids is 1. The number of hydrogen-bond donors (Lipinski definition) is 2. The van der Waals surface area contributed by atoms with Gasteiger partial charge in [-0.2, -0.15) is 5.10 Å². The molecule has 1 heterocycles. The van der Waals surface area contributed by atoms with Crippen molar-refractivity contribution in [2.75, 3.05) is 13.4 Å². The summed E-state index contributed by atoms with van der Waals surface area (Å²) in [4.78, 5) is 23.6. The molecule has 2 rings (SSSR count). The second-order valence-electron chi connectivity index (χ2n) is 4.68. The number of rotatable bonds is 6. The highest BCUT2D eigenvalue weighted by molar-refractivity contribution is 7.98. The summed E-state index contributed by atoms with van der Waals surface area (Å²) < 4.78 is 5.13. The molecule has 1 aromatic carbocycles. The first-order chi connectivity index (χ1) is 11.0. The monoisotopic (exact) mass is 336 g/mol. The average Bonchev–Trinajstić information content (AvgIpc) is 2.96. The zero-order valence-corrected chi connectivity index (χ0v) is 13.7. The van der Waals surface area contributed by atoms with Gasteiger partial charge in [-0.25, -0.2) is 0 Å². The number of nitrogens with one attached hydrogen (secondary N) is 2. The Hall–Kier alpha value is -2.55. The number of hydrogen-bond acceptors (Lipinski definition) is 6. The van der Waals surface area contributed by atoms with Gasteiger partial charge in [-0.15, -0.1) is 11.8 Å². The predicted molar refractivity (Wildman–Crippen MR) is 85.9 cm³/mol. The van der Waals surface area contributed by atoms with Gasteiger partial charge in [-0.05, 0) is 19.2 Å². The fourth-order valence-electron chi connectivity index (χ4n) is 2.03. The van der Waals surface area contributed by atoms with Crippen molar-refractivity contribution < 1.29 is 14.5 Å². The minimum atomic E-state index is -0.593. The summed E-state index contributed by atoms with van der Waals surface area (Å²) >= 11 is 1.35. The second kappa shape index (κ2) is 7.14. The fraction of sp³-hybridized carbons (Fsp3) is 0.286. The Morgan fingerprint density at radius 2 is 2.26 bits per heavy atom. The summed E-state index contributed by atoms with van der Waals surface area (Å²) in [6, 6.07) is 2.74. The standard InChI is InChI=1S/C14H16N4O4S/c1-8-9(7-16-17-8)6-15-14(19)10-4-13(23-3)12(22-2)5-11(10)18(20)21/h4-5,7H,6H2,1-3H3,(H,15,19)(H,16,17). The van der Waals surface area contributed by atoms with Crippen LogP contribution in [0.15, 0.2) is 23.2 Å². The molecule has 0 saturated heterocycles. The number of aromatic amines is 1. The number of methoxy groups -OCH3 is 1. The molecule has 0 fully saturated rings. The lowest BCUT2D eigenvalue weighted by molar-refractivity contribution is -0.385. The fourth-order valence-corrected chi connectivity index (χ4v) is 2.60. The van der Waals surface area contributed by atoms with E-state index in [9.17, 15) is 14.9 Å². The largest absolute Gasteiger partial charge is 0.495 e. The van der Waals surface area contributed by atoms with Gasteiger partial charge >= 0.3 is 0 Å². The molecule has 1 aromatic heterocycles. The number of aryl methyl sites for hydroxylation is 1. The van der Waals surface area contributed by atoms with Gasteiger partial charge in [0.05, 0.1) is 29.2 Å². The molecular formula is C14H16N4O4S. The van der Waals surface area contributed by atoms with Crippen LogP contribution in [0.2, 0.25) is 0 Å². The molecule has 0 aliphatic heterocycles. The average molecular weight is 336 g/mol. The highest BCUT2D eigenvalue weighted by Crippen LogP contribution is 2.34. The lowest BCUT2D eigenvalue weighted by atomic mass is 10.1. The zero-order valence-electron chi connectivity index (χ0n) is 12.9. The molecule has 0 radical (unpaired) electrons. The van der Waals surface area contributed by atoms with Gasteiger partial charge < -0.3 is 10.1 Å². The Bertz CT molecular complexity index is 744. The van der Waals surface area contributed by atoms with E-state index in [4.69, 9.17) is 4.74 Å². The first-order valence-corrected chi connectivity index (χ1v) is 7.87. The molecule has 1 amide bonds. The second-order valence-corrected chi connectivity index (χ2v) is 5.53. The topological polar surface area (TPSA) is 110 Å². The lowest BCUT2D eigenvalue weighted by Crippen LogP contribution is -2.24. The third kappa shape index (κ3) is 3.62. The van der Waals surface area contributed by atoms with Gasteiger partial charge in [-0.1, -0.05) is 0 Å². The van der Waals surface area contributed by atoms with Crippen LogP contribution in [0.1, 0.15) is 21.6 Å². The zero-order chi connectivity index (χ0) is 17.0. The third-order valence-electron chi connectivity index (χ3n) is 3.32. The van der Waals surface area contributed by atoms with Crippen LogP contribution in [0.3, 0.4) is 0 Å². The van der Waals surface area contributed by atoms with E-state index in [0.717, 1.165) is 11.3 Å². The number of nitro groups is 1. The third-order valence-corrected chi connectivity index (χ3v) is 4.08. The van der Waals surface area contributed by atoms with Crippen molar-refractivity contribution in [3.8, 4) is 5.75 Å². The maximum atomic E-state index is 12.3. The van der Waals surface area contributed by atoms with Crippen molar-refractivity contribution in [1.29, 1.82) is 0 Å². The number of benzene rings is 1. The van der Waals surface area contributed by atoms with Crippen LogP contribution in [-0.4, -0.2) is 34.4 Å². The van der Waals surface area contributed by atoms with Gasteiger partial charge in [0.2, 0.25) is 0 Å². The molecule has 0 spiro atoms. The summed E-state index contributed by atoms with van der Waals surface area (Å²) in [5, 5.41) is 20.5. The van der Waals surface area contributed by atoms with Gasteiger partial charge in [0.1, 0.15) is 11.3 Å². The summed E-state index contributed by atoms with van der Waals surface area (Å²) in [5.74, 6) is -0.151. The summed E-state index contributed by atoms with van der Waals surface area (Å²) in [6.45, 7) is 2.06. The van der Waals surface area contributed by atoms with Crippen molar-refractivity contribution in [3.63, 3.8) is 0 Å². The minimum absolute atomic E-state index is 0.00120. The highest BCUT2D eigenvalue weighted by atomic mass is 32.2. The lowest BCUT2D eigenvalue weighted by Gasteiger charge is -2.10. The molecule has 23 heavy (non-hydrogen) atoms. The number of thioether (sulfide) groups is 1. The molecule has 0 bridgehead atoms. The van der Waals surface area contributed by atoms with Crippen LogP contribution in [0.5, 0.6) is 5.75 Å². The van der Waals surface area contributed by atoms with Crippen LogP contribution in [0.4, 0.5) is 5.69 Å². The quantitative estimate of drug-likeness (QED) is 0.476. The number of nitrogens with zero attached hydrogens (tertiary/aromatic N) is 2. The highest BCUT2D eigenvalue weighted by Gasteiger charge is 2.23. The number of aromatic nitrogens is 2. The molecule has 0 atom stereocenters. The number of amides is 1. The van der Waals surface area contributed by atoms with Crippen molar-refractivity contribution >= 4 is 23.4 Å². The number of nitro benzene ring substituents is 1. The molecule has 0 saturated carbocycles. The molecule has 122 valence electrons. The summed E-state index contributed by atoms with van der Waals surface area (Å²) in [5.41, 5.74) is 1.36. The Morgan fingerprint density at radius 3 is 2.78 bits per heavy atom. The van der Waals surface area contributed by atoms with Gasteiger partial charge in [0.25, 0.3) is 11.6 Å². The number of carbonyl (C=O) groups is 1. The smallest absolute Gasteiger partial charge is 0.285 e. The van der Waals surface area contributed by atoms with E-state index in [1.165, 1.54) is 31.0 Å². The Kier molecular flexibility index (Phi) is 5.22. The van der Waals surface area contributed by atoms with Crippen molar-refractivity contribution in [1.82, 2.24) is 15.5 Å². The molecule has 2 aromatic rings. The first kappa shape index (κ1) is 16.8. The molecule has 0 aliphatic rings. The molecule has 0 aliphatic carbocycles. The molecule has 2 N–H and O–H groups in total. The van der Waals surface area contributed by atoms with Crippen LogP contribution in [0, 0.1) is 17.0 Å². The van der Waals surface area contributed by atoms with Crippen LogP contribution in [-0.2, 0) is 6.54 Å². The van der Waals surface area contributed by atoms with Crippen LogP contribution < -0.4 is 10.1 Å². The van der Waals surface area contributed by atoms with E-state index in [-0.39, 0.29) is 17.8 Å². The minimum Gasteiger partial charge on any atom is -0.495 e.